The molecule has 3 unspecified atom stereocenters. The van der Waals surface area contributed by atoms with Gasteiger partial charge in [-0.15, -0.1) is 0 Å². The van der Waals surface area contributed by atoms with Crippen molar-refractivity contribution in [3.8, 4) is 0 Å². The van der Waals surface area contributed by atoms with Crippen molar-refractivity contribution in [2.75, 3.05) is 0 Å². The van der Waals surface area contributed by atoms with Gasteiger partial charge in [-0.1, -0.05) is 69.4 Å². The first-order chi connectivity index (χ1) is 9.65. The molecular weight excluding hydrogens is 246 g/mol. The molecule has 0 saturated heterocycles. The monoisotopic (exact) mass is 277 g/mol. The maximum Gasteiger partial charge on any atom is 0.0940 e. The molecule has 2 N–H and O–H groups in total. The molecule has 0 amide bonds. The second-order valence-corrected chi connectivity index (χ2v) is 5.91. The van der Waals surface area contributed by atoms with E-state index in [9.17, 15) is 5.11 Å². The largest absolute Gasteiger partial charge is 0.387 e. The van der Waals surface area contributed by atoms with Gasteiger partial charge in [-0.2, -0.15) is 0 Å². The first-order valence-electron chi connectivity index (χ1n) is 8.14. The van der Waals surface area contributed by atoms with Gasteiger partial charge in [-0.05, 0) is 25.8 Å². The summed E-state index contributed by atoms with van der Waals surface area (Å²) in [4.78, 5) is 0. The fourth-order valence-electron chi connectivity index (χ4n) is 2.62. The Labute approximate surface area is 124 Å². The van der Waals surface area contributed by atoms with Crippen molar-refractivity contribution in [2.24, 2.45) is 0 Å². The Morgan fingerprint density at radius 1 is 1.00 bits per heavy atom. The smallest absolute Gasteiger partial charge is 0.0940 e. The lowest BCUT2D eigenvalue weighted by molar-refractivity contribution is 0.129. The molecule has 0 fully saturated rings. The quantitative estimate of drug-likeness (QED) is 0.619. The summed E-state index contributed by atoms with van der Waals surface area (Å²) < 4.78 is 0. The van der Waals surface area contributed by atoms with Gasteiger partial charge < -0.3 is 10.4 Å². The molecular formula is C18H31NO. The van der Waals surface area contributed by atoms with Crippen LogP contribution in [0.15, 0.2) is 30.3 Å². The van der Waals surface area contributed by atoms with Gasteiger partial charge >= 0.3 is 0 Å². The van der Waals surface area contributed by atoms with Gasteiger partial charge in [-0.25, -0.2) is 0 Å². The Morgan fingerprint density at radius 3 is 2.30 bits per heavy atom. The van der Waals surface area contributed by atoms with E-state index in [0.717, 1.165) is 5.56 Å². The van der Waals surface area contributed by atoms with Crippen LogP contribution in [0.3, 0.4) is 0 Å². The normalized spacial score (nSPS) is 15.8. The van der Waals surface area contributed by atoms with E-state index in [1.54, 1.807) is 0 Å². The highest BCUT2D eigenvalue weighted by molar-refractivity contribution is 5.18. The standard InChI is InChI=1S/C18H31NO/c1-4-5-6-7-9-12-15(2)19-16(3)18(20)17-13-10-8-11-14-17/h8,10-11,13-16,18-20H,4-7,9,12H2,1-3H3. The molecule has 20 heavy (non-hydrogen) atoms. The van der Waals surface area contributed by atoms with Crippen LogP contribution in [-0.4, -0.2) is 17.2 Å². The topological polar surface area (TPSA) is 32.3 Å². The van der Waals surface area contributed by atoms with Crippen molar-refractivity contribution >= 4 is 0 Å². The Hall–Kier alpha value is -0.860. The summed E-state index contributed by atoms with van der Waals surface area (Å²) in [6.45, 7) is 6.52. The number of aliphatic hydroxyl groups excluding tert-OH is 1. The fraction of sp³-hybridized carbons (Fsp3) is 0.667. The van der Waals surface area contributed by atoms with Crippen molar-refractivity contribution in [3.05, 3.63) is 35.9 Å². The second-order valence-electron chi connectivity index (χ2n) is 5.91. The van der Waals surface area contributed by atoms with Crippen molar-refractivity contribution in [3.63, 3.8) is 0 Å². The molecule has 2 nitrogen and oxygen atoms in total. The lowest BCUT2D eigenvalue weighted by atomic mass is 10.0. The summed E-state index contributed by atoms with van der Waals surface area (Å²) in [5.41, 5.74) is 0.989. The zero-order chi connectivity index (χ0) is 14.8. The Bertz CT molecular complexity index is 339. The zero-order valence-electron chi connectivity index (χ0n) is 13.3. The minimum Gasteiger partial charge on any atom is -0.387 e. The number of aliphatic hydroxyl groups is 1. The van der Waals surface area contributed by atoms with E-state index < -0.39 is 6.10 Å². The summed E-state index contributed by atoms with van der Waals surface area (Å²) in [5.74, 6) is 0. The number of unbranched alkanes of at least 4 members (excludes halogenated alkanes) is 4. The minimum atomic E-state index is -0.432. The van der Waals surface area contributed by atoms with Crippen molar-refractivity contribution in [1.82, 2.24) is 5.32 Å². The van der Waals surface area contributed by atoms with Gasteiger partial charge in [0.1, 0.15) is 0 Å². The van der Waals surface area contributed by atoms with E-state index >= 15 is 0 Å². The number of hydrogen-bond donors (Lipinski definition) is 2. The molecule has 3 atom stereocenters. The van der Waals surface area contributed by atoms with Gasteiger partial charge in [-0.3, -0.25) is 0 Å². The average molecular weight is 277 g/mol. The van der Waals surface area contributed by atoms with Gasteiger partial charge in [0.25, 0.3) is 0 Å². The van der Waals surface area contributed by atoms with Gasteiger partial charge in [0.2, 0.25) is 0 Å². The second kappa shape index (κ2) is 9.95. The van der Waals surface area contributed by atoms with Crippen LogP contribution < -0.4 is 5.32 Å². The number of nitrogens with one attached hydrogen (secondary N) is 1. The summed E-state index contributed by atoms with van der Waals surface area (Å²) >= 11 is 0. The van der Waals surface area contributed by atoms with E-state index in [-0.39, 0.29) is 6.04 Å². The lowest BCUT2D eigenvalue weighted by Crippen LogP contribution is -2.38. The first-order valence-corrected chi connectivity index (χ1v) is 8.14. The molecule has 1 aromatic carbocycles. The highest BCUT2D eigenvalue weighted by atomic mass is 16.3. The van der Waals surface area contributed by atoms with Gasteiger partial charge in [0.15, 0.2) is 0 Å². The molecule has 0 aliphatic heterocycles. The summed E-state index contributed by atoms with van der Waals surface area (Å²) in [6.07, 6.45) is 7.37. The predicted molar refractivity (Wildman–Crippen MR) is 86.8 cm³/mol. The van der Waals surface area contributed by atoms with Crippen molar-refractivity contribution in [1.29, 1.82) is 0 Å². The maximum atomic E-state index is 10.3. The Balaban J connectivity index is 2.25. The molecule has 0 saturated carbocycles. The molecule has 0 aliphatic rings. The molecule has 1 rings (SSSR count). The number of benzene rings is 1. The van der Waals surface area contributed by atoms with Crippen LogP contribution in [0.25, 0.3) is 0 Å². The molecule has 0 bridgehead atoms. The Kier molecular flexibility index (Phi) is 8.56. The maximum absolute atomic E-state index is 10.3. The van der Waals surface area contributed by atoms with Gasteiger partial charge in [0, 0.05) is 12.1 Å². The van der Waals surface area contributed by atoms with Crippen LogP contribution in [0.4, 0.5) is 0 Å². The highest BCUT2D eigenvalue weighted by Gasteiger charge is 2.17. The molecule has 0 radical (unpaired) electrons. The molecule has 0 aromatic heterocycles. The molecule has 114 valence electrons. The predicted octanol–water partition coefficient (Wildman–Crippen LogP) is 4.45. The molecule has 0 spiro atoms. The fourth-order valence-corrected chi connectivity index (χ4v) is 2.62. The number of hydrogen-bond acceptors (Lipinski definition) is 2. The minimum absolute atomic E-state index is 0.0861. The van der Waals surface area contributed by atoms with Crippen molar-refractivity contribution in [2.45, 2.75) is 77.5 Å². The summed E-state index contributed by atoms with van der Waals surface area (Å²) in [5, 5.41) is 13.8. The Morgan fingerprint density at radius 2 is 1.65 bits per heavy atom. The van der Waals surface area contributed by atoms with Crippen LogP contribution in [0.5, 0.6) is 0 Å². The van der Waals surface area contributed by atoms with E-state index in [2.05, 4.69) is 26.1 Å². The molecule has 2 heteroatoms. The molecule has 0 aliphatic carbocycles. The average Bonchev–Trinajstić information content (AvgIpc) is 2.47. The van der Waals surface area contributed by atoms with Crippen LogP contribution in [0.2, 0.25) is 0 Å². The van der Waals surface area contributed by atoms with Crippen LogP contribution in [0, 0.1) is 0 Å². The van der Waals surface area contributed by atoms with Crippen LogP contribution >= 0.6 is 0 Å². The third-order valence-electron chi connectivity index (χ3n) is 3.90. The SMILES string of the molecule is CCCCCCCC(C)NC(C)C(O)c1ccccc1. The summed E-state index contributed by atoms with van der Waals surface area (Å²) in [6, 6.07) is 10.4. The van der Waals surface area contributed by atoms with Crippen molar-refractivity contribution < 1.29 is 5.11 Å². The number of rotatable bonds is 10. The van der Waals surface area contributed by atoms with Crippen LogP contribution in [0.1, 0.15) is 71.0 Å². The summed E-state index contributed by atoms with van der Waals surface area (Å²) in [7, 11) is 0. The van der Waals surface area contributed by atoms with E-state index in [1.807, 2.05) is 30.3 Å². The molecule has 1 aromatic rings. The third-order valence-corrected chi connectivity index (χ3v) is 3.90. The van der Waals surface area contributed by atoms with E-state index in [4.69, 9.17) is 0 Å². The van der Waals surface area contributed by atoms with Crippen LogP contribution in [-0.2, 0) is 0 Å². The third kappa shape index (κ3) is 6.53. The van der Waals surface area contributed by atoms with Gasteiger partial charge in [0.05, 0.1) is 6.10 Å². The highest BCUT2D eigenvalue weighted by Crippen LogP contribution is 2.17. The zero-order valence-corrected chi connectivity index (χ0v) is 13.3. The van der Waals surface area contributed by atoms with E-state index in [1.165, 1.54) is 38.5 Å². The van der Waals surface area contributed by atoms with E-state index in [0.29, 0.717) is 6.04 Å². The lowest BCUT2D eigenvalue weighted by Gasteiger charge is -2.24. The molecule has 0 heterocycles. The first kappa shape index (κ1) is 17.2.